The highest BCUT2D eigenvalue weighted by molar-refractivity contribution is 6.77. The summed E-state index contributed by atoms with van der Waals surface area (Å²) in [5.74, 6) is 0. The predicted molar refractivity (Wildman–Crippen MR) is 77.3 cm³/mol. The molecule has 0 aromatic heterocycles. The Morgan fingerprint density at radius 3 is 1.07 bits per heavy atom. The summed E-state index contributed by atoms with van der Waals surface area (Å²) < 4.78 is 154. The Morgan fingerprint density at radius 1 is 0.519 bits per heavy atom. The van der Waals surface area contributed by atoms with E-state index in [1.807, 2.05) is 0 Å². The molecule has 0 fully saturated rings. The maximum Gasteiger partial charge on any atom is 0.388 e. The van der Waals surface area contributed by atoms with Crippen LogP contribution < -0.4 is 0 Å². The van der Waals surface area contributed by atoms with Crippen LogP contribution in [0.25, 0.3) is 0 Å². The molecule has 27 heavy (non-hydrogen) atoms. The van der Waals surface area contributed by atoms with Crippen molar-refractivity contribution in [3.8, 4) is 0 Å². The van der Waals surface area contributed by atoms with Crippen LogP contribution >= 0.6 is 0 Å². The van der Waals surface area contributed by atoms with Crippen molar-refractivity contribution in [3.05, 3.63) is 0 Å². The Morgan fingerprint density at radius 2 is 0.815 bits per heavy atom. The number of halogens is 12. The average Bonchev–Trinajstić information content (AvgIpc) is 2.41. The molecule has 0 saturated carbocycles. The summed E-state index contributed by atoms with van der Waals surface area (Å²) >= 11 is 0. The molecule has 0 radical (unpaired) electrons. The fraction of sp³-hybridized carbons (Fsp3) is 1.00. The molecule has 0 saturated heterocycles. The van der Waals surface area contributed by atoms with E-state index < -0.39 is 92.6 Å². The highest BCUT2D eigenvalue weighted by atomic mass is 28.4. The van der Waals surface area contributed by atoms with Crippen LogP contribution in [-0.4, -0.2) is 42.8 Å². The fourth-order valence-electron chi connectivity index (χ4n) is 2.26. The lowest BCUT2D eigenvalue weighted by Crippen LogP contribution is -2.42. The molecule has 0 aliphatic rings. The molecule has 0 aliphatic heterocycles. The highest BCUT2D eigenvalue weighted by Crippen LogP contribution is 2.38. The number of rotatable bonds is 10. The Hall–Kier alpha value is -0.446. The smallest absolute Gasteiger partial charge is 0.388 e. The van der Waals surface area contributed by atoms with Gasteiger partial charge in [-0.05, 0) is 24.2 Å². The summed E-state index contributed by atoms with van der Waals surface area (Å²) in [5.41, 5.74) is 0. The molecule has 0 unspecified atom stereocenters. The van der Waals surface area contributed by atoms with Crippen molar-refractivity contribution in [1.29, 1.82) is 0 Å². The van der Waals surface area contributed by atoms with Crippen LogP contribution in [0.4, 0.5) is 52.7 Å². The lowest BCUT2D eigenvalue weighted by molar-refractivity contribution is -0.133. The Balaban J connectivity index is 5.27. The molecule has 0 N–H and O–H groups in total. The van der Waals surface area contributed by atoms with Gasteiger partial charge in [0, 0.05) is 25.7 Å². The lowest BCUT2D eigenvalue weighted by Gasteiger charge is -2.33. The van der Waals surface area contributed by atoms with Crippen LogP contribution in [0.1, 0.15) is 25.7 Å². The molecule has 0 amide bonds. The van der Waals surface area contributed by atoms with Crippen LogP contribution in [0.2, 0.25) is 24.2 Å². The van der Waals surface area contributed by atoms with E-state index in [1.54, 1.807) is 0 Å². The lowest BCUT2D eigenvalue weighted by atomic mass is 10.5. The highest BCUT2D eigenvalue weighted by Gasteiger charge is 2.44. The second-order valence-corrected chi connectivity index (χ2v) is 12.2. The van der Waals surface area contributed by atoms with Crippen LogP contribution in [0.3, 0.4) is 0 Å². The van der Waals surface area contributed by atoms with Gasteiger partial charge < -0.3 is 4.12 Å². The molecule has 0 aliphatic carbocycles. The first kappa shape index (κ1) is 26.6. The van der Waals surface area contributed by atoms with Gasteiger partial charge in [0.1, 0.15) is 9.76 Å². The van der Waals surface area contributed by atoms with E-state index in [0.29, 0.717) is 0 Å². The molecule has 0 spiro atoms. The fourth-order valence-corrected chi connectivity index (χ4v) is 9.82. The zero-order chi connectivity index (χ0) is 21.6. The second-order valence-electron chi connectivity index (χ2n) is 6.10. The minimum Gasteiger partial charge on any atom is -0.460 e. The predicted octanol–water partition coefficient (Wildman–Crippen LogP) is 6.26. The topological polar surface area (TPSA) is 9.23 Å². The summed E-state index contributed by atoms with van der Waals surface area (Å²) in [5, 5.41) is 0. The molecule has 0 heterocycles. The van der Waals surface area contributed by atoms with Gasteiger partial charge >= 0.3 is 24.7 Å². The van der Waals surface area contributed by atoms with Gasteiger partial charge in [-0.2, -0.15) is 52.7 Å². The third-order valence-corrected chi connectivity index (χ3v) is 11.0. The quantitative estimate of drug-likeness (QED) is 0.212. The van der Waals surface area contributed by atoms with Gasteiger partial charge in [0.15, 0.2) is 8.32 Å². The van der Waals surface area contributed by atoms with E-state index in [2.05, 4.69) is 0 Å². The molecule has 15 heteroatoms. The van der Waals surface area contributed by atoms with Crippen LogP contribution in [-0.2, 0) is 4.12 Å². The van der Waals surface area contributed by atoms with Crippen LogP contribution in [0, 0.1) is 0 Å². The monoisotopic (exact) mass is 462 g/mol. The molecular weight excluding hydrogens is 444 g/mol. The van der Waals surface area contributed by atoms with E-state index in [0.717, 1.165) is 0 Å². The summed E-state index contributed by atoms with van der Waals surface area (Å²) in [6.07, 6.45) is -25.3. The van der Waals surface area contributed by atoms with Crippen molar-refractivity contribution in [2.45, 2.75) is 74.6 Å². The molecule has 0 aromatic carbocycles. The van der Waals surface area contributed by atoms with Crippen molar-refractivity contribution in [3.63, 3.8) is 0 Å². The standard InChI is InChI=1S/C12H18F12OSi2/c13-9(14,15)1-5-26-25-27(6-2-10(16,17)18,7-3-11(19,20)21)8-4-12(22,23)24/h1-8,26H2. The van der Waals surface area contributed by atoms with Gasteiger partial charge in [0.2, 0.25) is 0 Å². The third-order valence-electron chi connectivity index (χ3n) is 3.61. The van der Waals surface area contributed by atoms with Crippen LogP contribution in [0.15, 0.2) is 0 Å². The van der Waals surface area contributed by atoms with Crippen molar-refractivity contribution in [2.24, 2.45) is 0 Å². The van der Waals surface area contributed by atoms with E-state index in [9.17, 15) is 52.7 Å². The Bertz CT molecular complexity index is 381. The van der Waals surface area contributed by atoms with Gasteiger partial charge in [0.25, 0.3) is 0 Å². The normalized spacial score (nSPS) is 15.1. The summed E-state index contributed by atoms with van der Waals surface area (Å²) in [6, 6.07) is -3.74. The molecule has 1 nitrogen and oxygen atoms in total. The van der Waals surface area contributed by atoms with E-state index in [1.165, 1.54) is 0 Å². The van der Waals surface area contributed by atoms with Crippen molar-refractivity contribution < 1.29 is 56.8 Å². The van der Waals surface area contributed by atoms with Crippen molar-refractivity contribution in [2.75, 3.05) is 0 Å². The number of alkyl halides is 12. The minimum atomic E-state index is -4.83. The van der Waals surface area contributed by atoms with Crippen molar-refractivity contribution in [1.82, 2.24) is 0 Å². The second kappa shape index (κ2) is 9.85. The first-order chi connectivity index (χ1) is 11.8. The maximum atomic E-state index is 12.5. The largest absolute Gasteiger partial charge is 0.460 e. The van der Waals surface area contributed by atoms with E-state index in [-0.39, 0.29) is 0 Å². The molecule has 164 valence electrons. The summed E-state index contributed by atoms with van der Waals surface area (Å²) in [6.45, 7) is 0. The summed E-state index contributed by atoms with van der Waals surface area (Å²) in [4.78, 5) is 0. The van der Waals surface area contributed by atoms with Gasteiger partial charge in [-0.1, -0.05) is 0 Å². The molecular formula is C12H18F12OSi2. The SMILES string of the molecule is FC(F)(F)CC[SiH2]O[Si](CCC(F)(F)F)(CCC(F)(F)F)CCC(F)(F)F. The zero-order valence-electron chi connectivity index (χ0n) is 13.8. The minimum absolute atomic E-state index is 0.623. The number of hydrogen-bond donors (Lipinski definition) is 0. The zero-order valence-corrected chi connectivity index (χ0v) is 16.2. The number of hydrogen-bond acceptors (Lipinski definition) is 1. The molecule has 0 aromatic rings. The van der Waals surface area contributed by atoms with E-state index >= 15 is 0 Å². The summed E-state index contributed by atoms with van der Waals surface area (Å²) in [7, 11) is -6.41. The third kappa shape index (κ3) is 16.2. The first-order valence-electron chi connectivity index (χ1n) is 7.74. The molecule has 0 rings (SSSR count). The first-order valence-corrected chi connectivity index (χ1v) is 11.8. The van der Waals surface area contributed by atoms with Gasteiger partial charge in [-0.15, -0.1) is 0 Å². The molecule has 0 bridgehead atoms. The van der Waals surface area contributed by atoms with Gasteiger partial charge in [-0.25, -0.2) is 0 Å². The van der Waals surface area contributed by atoms with Crippen molar-refractivity contribution >= 4 is 18.1 Å². The van der Waals surface area contributed by atoms with Crippen LogP contribution in [0.5, 0.6) is 0 Å². The average molecular weight is 462 g/mol. The maximum absolute atomic E-state index is 12.5. The van der Waals surface area contributed by atoms with Gasteiger partial charge in [-0.3, -0.25) is 0 Å². The Kier molecular flexibility index (Phi) is 9.68. The molecule has 0 atom stereocenters. The Labute approximate surface area is 150 Å². The van der Waals surface area contributed by atoms with E-state index in [4.69, 9.17) is 4.12 Å². The van der Waals surface area contributed by atoms with Gasteiger partial charge in [0.05, 0.1) is 0 Å².